The summed E-state index contributed by atoms with van der Waals surface area (Å²) >= 11 is 0. The second-order valence-electron chi connectivity index (χ2n) is 7.71. The molecule has 0 bridgehead atoms. The molecule has 7 nitrogen and oxygen atoms in total. The predicted molar refractivity (Wildman–Crippen MR) is 110 cm³/mol. The van der Waals surface area contributed by atoms with Crippen molar-refractivity contribution in [3.8, 4) is 0 Å². The van der Waals surface area contributed by atoms with Gasteiger partial charge in [0.15, 0.2) is 5.76 Å². The largest absolute Gasteiger partial charge is 0.459 e. The minimum atomic E-state index is -0.0732. The first-order valence-corrected chi connectivity index (χ1v) is 10.5. The van der Waals surface area contributed by atoms with E-state index in [9.17, 15) is 9.59 Å². The molecule has 0 aliphatic carbocycles. The van der Waals surface area contributed by atoms with E-state index in [0.29, 0.717) is 43.7 Å². The van der Waals surface area contributed by atoms with Crippen molar-refractivity contribution < 1.29 is 14.0 Å². The molecular formula is C22H28N4O3. The maximum absolute atomic E-state index is 13.1. The third kappa shape index (κ3) is 4.13. The lowest BCUT2D eigenvalue weighted by Crippen LogP contribution is -2.48. The van der Waals surface area contributed by atoms with Gasteiger partial charge in [-0.15, -0.1) is 0 Å². The third-order valence-corrected chi connectivity index (χ3v) is 5.99. The normalized spacial score (nSPS) is 20.0. The van der Waals surface area contributed by atoms with Gasteiger partial charge >= 0.3 is 0 Å². The van der Waals surface area contributed by atoms with Crippen molar-refractivity contribution in [1.82, 2.24) is 14.8 Å². The van der Waals surface area contributed by atoms with Crippen LogP contribution in [0.3, 0.4) is 0 Å². The highest BCUT2D eigenvalue weighted by Gasteiger charge is 2.28. The monoisotopic (exact) mass is 396 g/mol. The molecule has 0 N–H and O–H groups in total. The summed E-state index contributed by atoms with van der Waals surface area (Å²) in [6, 6.07) is 7.57. The van der Waals surface area contributed by atoms with E-state index in [1.165, 1.54) is 12.7 Å². The molecule has 2 aromatic rings. The molecule has 2 amide bonds. The highest BCUT2D eigenvalue weighted by molar-refractivity contribution is 5.93. The van der Waals surface area contributed by atoms with Gasteiger partial charge in [-0.3, -0.25) is 14.6 Å². The molecule has 2 saturated heterocycles. The third-order valence-electron chi connectivity index (χ3n) is 5.99. The molecule has 1 atom stereocenters. The molecular weight excluding hydrogens is 368 g/mol. The van der Waals surface area contributed by atoms with Crippen molar-refractivity contribution in [3.05, 3.63) is 48.2 Å². The number of hydrogen-bond donors (Lipinski definition) is 0. The maximum atomic E-state index is 13.1. The van der Waals surface area contributed by atoms with Crippen molar-refractivity contribution >= 4 is 17.5 Å². The number of aromatic nitrogens is 1. The molecule has 2 aliphatic rings. The fourth-order valence-electron chi connectivity index (χ4n) is 4.30. The summed E-state index contributed by atoms with van der Waals surface area (Å²) in [5.74, 6) is 0.336. The molecule has 4 heterocycles. The fourth-order valence-corrected chi connectivity index (χ4v) is 4.30. The quantitative estimate of drug-likeness (QED) is 0.794. The number of likely N-dealkylation sites (tertiary alicyclic amines) is 1. The number of piperidine rings is 1. The number of pyridine rings is 1. The number of piperazine rings is 1. The number of carbonyl (C=O) groups is 2. The van der Waals surface area contributed by atoms with Crippen molar-refractivity contribution in [2.75, 3.05) is 37.6 Å². The van der Waals surface area contributed by atoms with Crippen LogP contribution in [0.4, 0.5) is 5.69 Å². The number of nitrogens with zero attached hydrogens (tertiary/aromatic N) is 4. The Morgan fingerprint density at radius 3 is 2.66 bits per heavy atom. The van der Waals surface area contributed by atoms with E-state index >= 15 is 0 Å². The molecule has 7 heteroatoms. The Morgan fingerprint density at radius 1 is 1.10 bits per heavy atom. The average Bonchev–Trinajstić information content (AvgIpc) is 3.33. The summed E-state index contributed by atoms with van der Waals surface area (Å²) in [5.41, 5.74) is 1.50. The Labute approximate surface area is 171 Å². The van der Waals surface area contributed by atoms with Crippen LogP contribution in [0.5, 0.6) is 0 Å². The molecule has 0 spiro atoms. The first-order valence-electron chi connectivity index (χ1n) is 10.5. The van der Waals surface area contributed by atoms with Gasteiger partial charge in [-0.25, -0.2) is 0 Å². The van der Waals surface area contributed by atoms with Crippen LogP contribution in [-0.2, 0) is 0 Å². The van der Waals surface area contributed by atoms with E-state index in [1.807, 2.05) is 21.9 Å². The Morgan fingerprint density at radius 2 is 1.93 bits per heavy atom. The van der Waals surface area contributed by atoms with Crippen LogP contribution < -0.4 is 4.90 Å². The fraction of sp³-hybridized carbons (Fsp3) is 0.500. The second kappa shape index (κ2) is 8.68. The lowest BCUT2D eigenvalue weighted by Gasteiger charge is -2.36. The maximum Gasteiger partial charge on any atom is 0.289 e. The van der Waals surface area contributed by atoms with Gasteiger partial charge < -0.3 is 19.1 Å². The average molecular weight is 396 g/mol. The summed E-state index contributed by atoms with van der Waals surface area (Å²) in [4.78, 5) is 35.9. The van der Waals surface area contributed by atoms with Crippen molar-refractivity contribution in [1.29, 1.82) is 0 Å². The molecule has 2 aliphatic heterocycles. The first-order chi connectivity index (χ1) is 14.2. The van der Waals surface area contributed by atoms with Gasteiger partial charge in [-0.1, -0.05) is 6.92 Å². The van der Waals surface area contributed by atoms with E-state index in [2.05, 4.69) is 16.8 Å². The van der Waals surface area contributed by atoms with Crippen molar-refractivity contribution in [2.24, 2.45) is 0 Å². The number of furan rings is 1. The molecule has 0 radical (unpaired) electrons. The summed E-state index contributed by atoms with van der Waals surface area (Å²) in [5, 5.41) is 0. The standard InChI is InChI=1S/C22H28N4O3/c1-2-17-6-3-4-10-26(17)21(27)19-16-18(8-9-23-19)24-11-13-25(14-12-24)22(28)20-7-5-15-29-20/h5,7-9,15-17H,2-4,6,10-14H2,1H3. The Kier molecular flexibility index (Phi) is 5.83. The highest BCUT2D eigenvalue weighted by Crippen LogP contribution is 2.23. The van der Waals surface area contributed by atoms with Crippen LogP contribution in [0.1, 0.15) is 53.7 Å². The number of carbonyl (C=O) groups excluding carboxylic acids is 2. The lowest BCUT2D eigenvalue weighted by molar-refractivity contribution is 0.0602. The van der Waals surface area contributed by atoms with E-state index < -0.39 is 0 Å². The number of anilines is 1. The van der Waals surface area contributed by atoms with E-state index in [4.69, 9.17) is 4.42 Å². The van der Waals surface area contributed by atoms with Gasteiger partial charge in [0.2, 0.25) is 0 Å². The van der Waals surface area contributed by atoms with Gasteiger partial charge in [-0.2, -0.15) is 0 Å². The van der Waals surface area contributed by atoms with E-state index in [-0.39, 0.29) is 11.8 Å². The Bertz CT molecular complexity index is 844. The van der Waals surface area contributed by atoms with Gasteiger partial charge in [0, 0.05) is 50.6 Å². The van der Waals surface area contributed by atoms with Gasteiger partial charge in [0.05, 0.1) is 6.26 Å². The first kappa shape index (κ1) is 19.5. The smallest absolute Gasteiger partial charge is 0.289 e. The van der Waals surface area contributed by atoms with Gasteiger partial charge in [-0.05, 0) is 49.9 Å². The molecule has 2 fully saturated rings. The van der Waals surface area contributed by atoms with Gasteiger partial charge in [0.25, 0.3) is 11.8 Å². The lowest BCUT2D eigenvalue weighted by atomic mass is 9.99. The number of rotatable bonds is 4. The second-order valence-corrected chi connectivity index (χ2v) is 7.71. The van der Waals surface area contributed by atoms with Crippen molar-refractivity contribution in [3.63, 3.8) is 0 Å². The SMILES string of the molecule is CCC1CCCCN1C(=O)c1cc(N2CCN(C(=O)c3ccco3)CC2)ccn1. The molecule has 1 unspecified atom stereocenters. The molecule has 2 aromatic heterocycles. The van der Waals surface area contributed by atoms with Gasteiger partial charge in [0.1, 0.15) is 5.69 Å². The van der Waals surface area contributed by atoms with E-state index in [0.717, 1.165) is 31.5 Å². The van der Waals surface area contributed by atoms with Crippen LogP contribution in [0, 0.1) is 0 Å². The minimum absolute atomic E-state index is 0.0324. The highest BCUT2D eigenvalue weighted by atomic mass is 16.3. The number of hydrogen-bond acceptors (Lipinski definition) is 5. The zero-order chi connectivity index (χ0) is 20.2. The van der Waals surface area contributed by atoms with Crippen LogP contribution >= 0.6 is 0 Å². The summed E-state index contributed by atoms with van der Waals surface area (Å²) in [6.45, 7) is 5.63. The summed E-state index contributed by atoms with van der Waals surface area (Å²) in [7, 11) is 0. The number of amides is 2. The Hall–Kier alpha value is -2.83. The predicted octanol–water partition coefficient (Wildman–Crippen LogP) is 3.04. The van der Waals surface area contributed by atoms with Crippen LogP contribution in [0.25, 0.3) is 0 Å². The summed E-state index contributed by atoms with van der Waals surface area (Å²) < 4.78 is 5.22. The van der Waals surface area contributed by atoms with Crippen LogP contribution in [0.15, 0.2) is 41.1 Å². The van der Waals surface area contributed by atoms with Crippen LogP contribution in [0.2, 0.25) is 0 Å². The molecule has 154 valence electrons. The Balaban J connectivity index is 1.41. The van der Waals surface area contributed by atoms with Crippen LogP contribution in [-0.4, -0.2) is 65.4 Å². The zero-order valence-electron chi connectivity index (χ0n) is 16.9. The van der Waals surface area contributed by atoms with E-state index in [1.54, 1.807) is 18.3 Å². The molecule has 0 saturated carbocycles. The van der Waals surface area contributed by atoms with Crippen molar-refractivity contribution in [2.45, 2.75) is 38.6 Å². The summed E-state index contributed by atoms with van der Waals surface area (Å²) in [6.07, 6.45) is 7.55. The molecule has 0 aromatic carbocycles. The molecule has 29 heavy (non-hydrogen) atoms. The zero-order valence-corrected chi connectivity index (χ0v) is 16.9. The molecule has 4 rings (SSSR count). The topological polar surface area (TPSA) is 69.9 Å². The minimum Gasteiger partial charge on any atom is -0.459 e.